The van der Waals surface area contributed by atoms with Crippen LogP contribution in [0.2, 0.25) is 0 Å². The van der Waals surface area contributed by atoms with Gasteiger partial charge in [0, 0.05) is 10.9 Å². The van der Waals surface area contributed by atoms with Gasteiger partial charge >= 0.3 is 6.18 Å². The molecule has 0 radical (unpaired) electrons. The summed E-state index contributed by atoms with van der Waals surface area (Å²) in [7, 11) is 0. The summed E-state index contributed by atoms with van der Waals surface area (Å²) in [5, 5.41) is 6.41. The van der Waals surface area contributed by atoms with Gasteiger partial charge in [0.25, 0.3) is 0 Å². The van der Waals surface area contributed by atoms with Crippen LogP contribution in [-0.4, -0.2) is 10.8 Å². The number of rotatable bonds is 5. The van der Waals surface area contributed by atoms with Gasteiger partial charge in [-0.15, -0.1) is 11.3 Å². The molecule has 5 rings (SSSR count). The zero-order valence-electron chi connectivity index (χ0n) is 23.5. The molecule has 2 N–H and O–H groups in total. The van der Waals surface area contributed by atoms with Crippen molar-refractivity contribution in [2.75, 3.05) is 0 Å². The Morgan fingerprint density at radius 2 is 1.68 bits per heavy atom. The second-order valence-corrected chi connectivity index (χ2v) is 11.0. The molecule has 0 amide bonds. The molecule has 0 atom stereocenters. The van der Waals surface area contributed by atoms with E-state index in [0.717, 1.165) is 34.8 Å². The number of thiazole rings is 1. The zero-order chi connectivity index (χ0) is 29.7. The largest absolute Gasteiger partial charge is 0.416 e. The van der Waals surface area contributed by atoms with Crippen LogP contribution in [0.25, 0.3) is 11.1 Å². The third kappa shape index (κ3) is 7.52. The molecular formula is C33H32F3N3OS. The smallest absolute Gasteiger partial charge is 0.388 e. The molecule has 0 saturated carbocycles. The first-order valence-corrected chi connectivity index (χ1v) is 13.9. The van der Waals surface area contributed by atoms with E-state index in [2.05, 4.69) is 80.0 Å². The molecule has 8 heteroatoms. The van der Waals surface area contributed by atoms with Crippen LogP contribution in [0.1, 0.15) is 55.2 Å². The minimum atomic E-state index is -4.37. The number of oxime groups is 1. The van der Waals surface area contributed by atoms with E-state index in [-0.39, 0.29) is 12.4 Å². The quantitative estimate of drug-likeness (QED) is 0.147. The van der Waals surface area contributed by atoms with E-state index in [4.69, 9.17) is 10.6 Å². The summed E-state index contributed by atoms with van der Waals surface area (Å²) in [5.74, 6) is 0.00989. The predicted octanol–water partition coefficient (Wildman–Crippen LogP) is 8.57. The Morgan fingerprint density at radius 1 is 1.00 bits per heavy atom. The number of nitrogens with zero attached hydrogens (tertiary/aromatic N) is 2. The van der Waals surface area contributed by atoms with Crippen LogP contribution in [0.3, 0.4) is 0 Å². The van der Waals surface area contributed by atoms with Gasteiger partial charge in [0.1, 0.15) is 0 Å². The minimum absolute atomic E-state index is 0.00989. The summed E-state index contributed by atoms with van der Waals surface area (Å²) in [6, 6.07) is 17.7. The van der Waals surface area contributed by atoms with Crippen molar-refractivity contribution in [3.8, 4) is 0 Å². The van der Waals surface area contributed by atoms with Crippen LogP contribution in [0.4, 0.5) is 13.2 Å². The number of hydrogen-bond acceptors (Lipinski definition) is 4. The maximum atomic E-state index is 12.4. The molecule has 0 saturated heterocycles. The Morgan fingerprint density at radius 3 is 2.29 bits per heavy atom. The Balaban J connectivity index is 0.000000189. The van der Waals surface area contributed by atoms with Crippen LogP contribution >= 0.6 is 11.3 Å². The second-order valence-electron chi connectivity index (χ2n) is 9.97. The summed E-state index contributed by atoms with van der Waals surface area (Å²) in [6.07, 6.45) is -1.06. The Labute approximate surface area is 242 Å². The summed E-state index contributed by atoms with van der Waals surface area (Å²) in [5.41, 5.74) is 16.4. The van der Waals surface area contributed by atoms with Gasteiger partial charge in [-0.2, -0.15) is 13.2 Å². The fraction of sp³-hybridized carbons (Fsp3) is 0.212. The van der Waals surface area contributed by atoms with E-state index < -0.39 is 11.7 Å². The third-order valence-corrected chi connectivity index (χ3v) is 7.45. The van der Waals surface area contributed by atoms with Gasteiger partial charge in [-0.25, -0.2) is 4.98 Å². The molecule has 4 aromatic rings. The average Bonchev–Trinajstić information content (AvgIpc) is 3.34. The molecular weight excluding hydrogens is 543 g/mol. The third-order valence-electron chi connectivity index (χ3n) is 6.63. The fourth-order valence-corrected chi connectivity index (χ4v) is 5.27. The molecule has 0 unspecified atom stereocenters. The minimum Gasteiger partial charge on any atom is -0.388 e. The van der Waals surface area contributed by atoms with E-state index in [9.17, 15) is 13.2 Å². The van der Waals surface area contributed by atoms with E-state index >= 15 is 0 Å². The van der Waals surface area contributed by atoms with Crippen molar-refractivity contribution in [1.29, 1.82) is 0 Å². The van der Waals surface area contributed by atoms with Gasteiger partial charge in [0.2, 0.25) is 0 Å². The number of aromatic nitrogens is 1. The number of amidine groups is 1. The Hall–Kier alpha value is -4.17. The van der Waals surface area contributed by atoms with Crippen molar-refractivity contribution >= 4 is 28.3 Å². The van der Waals surface area contributed by atoms with Crippen molar-refractivity contribution in [2.24, 2.45) is 10.9 Å². The molecule has 1 heterocycles. The number of halogens is 3. The Bertz CT molecular complexity index is 1600. The van der Waals surface area contributed by atoms with Crippen LogP contribution in [0, 0.1) is 27.7 Å². The topological polar surface area (TPSA) is 60.5 Å². The summed E-state index contributed by atoms with van der Waals surface area (Å²) in [6.45, 7) is 12.9. The number of fused-ring (bicyclic) bond motifs is 1. The number of benzene rings is 3. The average molecular weight is 576 g/mol. The van der Waals surface area contributed by atoms with Gasteiger partial charge < -0.3 is 10.6 Å². The van der Waals surface area contributed by atoms with E-state index in [1.165, 1.54) is 62.4 Å². The molecule has 0 bridgehead atoms. The van der Waals surface area contributed by atoms with Crippen molar-refractivity contribution < 1.29 is 18.0 Å². The molecule has 1 aliphatic rings. The fourth-order valence-electron chi connectivity index (χ4n) is 4.67. The van der Waals surface area contributed by atoms with E-state index in [1.807, 2.05) is 12.3 Å². The number of hydrogen-bond donors (Lipinski definition) is 1. The highest BCUT2D eigenvalue weighted by atomic mass is 32.1. The predicted molar refractivity (Wildman–Crippen MR) is 162 cm³/mol. The van der Waals surface area contributed by atoms with Crippen LogP contribution in [0.5, 0.6) is 0 Å². The van der Waals surface area contributed by atoms with Crippen molar-refractivity contribution in [2.45, 2.75) is 46.9 Å². The monoisotopic (exact) mass is 575 g/mol. The molecule has 4 nitrogen and oxygen atoms in total. The molecule has 41 heavy (non-hydrogen) atoms. The lowest BCUT2D eigenvalue weighted by Crippen LogP contribution is -2.14. The van der Waals surface area contributed by atoms with Crippen LogP contribution in [-0.2, 0) is 24.0 Å². The highest BCUT2D eigenvalue weighted by Crippen LogP contribution is 2.38. The van der Waals surface area contributed by atoms with Crippen molar-refractivity contribution in [1.82, 2.24) is 4.98 Å². The van der Waals surface area contributed by atoms with Gasteiger partial charge in [0.05, 0.1) is 16.3 Å². The van der Waals surface area contributed by atoms with Gasteiger partial charge in [-0.05, 0) is 79.6 Å². The summed E-state index contributed by atoms with van der Waals surface area (Å²) >= 11 is 1.49. The van der Waals surface area contributed by atoms with Gasteiger partial charge in [-0.3, -0.25) is 0 Å². The molecule has 0 aliphatic heterocycles. The van der Waals surface area contributed by atoms with Crippen molar-refractivity contribution in [3.05, 3.63) is 134 Å². The van der Waals surface area contributed by atoms with E-state index in [0.29, 0.717) is 5.56 Å². The van der Waals surface area contributed by atoms with Gasteiger partial charge in [0.15, 0.2) is 12.4 Å². The molecule has 1 aromatic heterocycles. The Kier molecular flexibility index (Phi) is 9.13. The molecule has 1 aliphatic carbocycles. The molecule has 3 aromatic carbocycles. The number of nitrogens with two attached hydrogens (primary N) is 1. The second kappa shape index (κ2) is 12.6. The lowest BCUT2D eigenvalue weighted by molar-refractivity contribution is -0.137. The van der Waals surface area contributed by atoms with E-state index in [1.54, 1.807) is 0 Å². The zero-order valence-corrected chi connectivity index (χ0v) is 24.3. The first-order chi connectivity index (χ1) is 19.4. The first kappa shape index (κ1) is 29.8. The molecule has 0 fully saturated rings. The van der Waals surface area contributed by atoms with Gasteiger partial charge in [-0.1, -0.05) is 77.5 Å². The lowest BCUT2D eigenvalue weighted by Gasteiger charge is -2.23. The molecule has 0 spiro atoms. The van der Waals surface area contributed by atoms with Crippen LogP contribution < -0.4 is 5.73 Å². The normalized spacial score (nSPS) is 13.2. The summed E-state index contributed by atoms with van der Waals surface area (Å²) < 4.78 is 37.3. The first-order valence-electron chi connectivity index (χ1n) is 13.0. The van der Waals surface area contributed by atoms with Crippen LogP contribution in [0.15, 0.2) is 83.9 Å². The number of alkyl halides is 3. The maximum Gasteiger partial charge on any atom is 0.416 e. The van der Waals surface area contributed by atoms with Crippen molar-refractivity contribution in [3.63, 3.8) is 0 Å². The molecule has 212 valence electrons. The number of allylic oxidation sites excluding steroid dienone is 3. The highest BCUT2D eigenvalue weighted by molar-refractivity contribution is 7.09. The summed E-state index contributed by atoms with van der Waals surface area (Å²) in [4.78, 5) is 9.21. The highest BCUT2D eigenvalue weighted by Gasteiger charge is 2.30. The lowest BCUT2D eigenvalue weighted by atomic mass is 9.81. The number of aryl methyl sites for hydroxylation is 4. The standard InChI is InChI=1S/C20H20.C13H12F3N3OS/c1-13-5-7-17(8-6-13)19-10-9-18-12-14(2)11-15(3)20(18)16(19)4;1-8-18-11(7-21-8)6-20-19-12(17)9-2-4-10(5-3-9)13(14,15)16/h5-8,10-12H,4,9H2,1-3H3;2-5,7H,6H2,1H3,(H2,17,19). The maximum absolute atomic E-state index is 12.4. The SMILES string of the molecule is C=C1C(c2ccc(C)cc2)=CCc2cc(C)cc(C)c21.Cc1nc(CON=C(N)c2ccc(C(F)(F)F)cc2)cs1.